The molecule has 0 fully saturated rings. The zero-order chi connectivity index (χ0) is 12.5. The summed E-state index contributed by atoms with van der Waals surface area (Å²) in [4.78, 5) is 12.1. The average molecular weight is 234 g/mol. The molecule has 0 spiro atoms. The van der Waals surface area contributed by atoms with Crippen molar-refractivity contribution in [3.63, 3.8) is 0 Å². The van der Waals surface area contributed by atoms with Gasteiger partial charge >= 0.3 is 0 Å². The quantitative estimate of drug-likeness (QED) is 0.849. The second kappa shape index (κ2) is 4.33. The van der Waals surface area contributed by atoms with Crippen LogP contribution in [0.3, 0.4) is 0 Å². The molecule has 0 saturated carbocycles. The summed E-state index contributed by atoms with van der Waals surface area (Å²) < 4.78 is 5.39. The van der Waals surface area contributed by atoms with Crippen molar-refractivity contribution in [1.82, 2.24) is 15.0 Å². The van der Waals surface area contributed by atoms with Gasteiger partial charge in [0.2, 0.25) is 0 Å². The number of aromatic amines is 1. The summed E-state index contributed by atoms with van der Waals surface area (Å²) in [5.41, 5.74) is 1.46. The minimum absolute atomic E-state index is 0.223. The van der Waals surface area contributed by atoms with E-state index < -0.39 is 0 Å². The molecule has 0 aromatic carbocycles. The zero-order valence-electron chi connectivity index (χ0n) is 10.7. The first-order valence-corrected chi connectivity index (χ1v) is 5.62. The number of rotatable bonds is 4. The molecule has 0 aliphatic carbocycles. The highest BCUT2D eigenvalue weighted by molar-refractivity contribution is 5.72. The summed E-state index contributed by atoms with van der Waals surface area (Å²) in [7, 11) is 3.55. The van der Waals surface area contributed by atoms with Crippen LogP contribution in [-0.2, 0) is 11.2 Å². The first kappa shape index (κ1) is 11.9. The van der Waals surface area contributed by atoms with Crippen LogP contribution < -0.4 is 5.32 Å². The fourth-order valence-electron chi connectivity index (χ4n) is 1.64. The Balaban J connectivity index is 2.31. The van der Waals surface area contributed by atoms with Crippen LogP contribution in [0.1, 0.15) is 19.7 Å². The Morgan fingerprint density at radius 3 is 2.76 bits per heavy atom. The fourth-order valence-corrected chi connectivity index (χ4v) is 1.64. The molecular formula is C12H18N4O. The average Bonchev–Trinajstić information content (AvgIpc) is 2.68. The first-order valence-electron chi connectivity index (χ1n) is 5.62. The second-order valence-electron chi connectivity index (χ2n) is 4.64. The molecule has 5 heteroatoms. The lowest BCUT2D eigenvalue weighted by Crippen LogP contribution is -2.26. The number of ether oxygens (including phenoxy) is 1. The Kier molecular flexibility index (Phi) is 3.02. The van der Waals surface area contributed by atoms with Gasteiger partial charge in [-0.25, -0.2) is 9.97 Å². The van der Waals surface area contributed by atoms with Crippen molar-refractivity contribution in [3.05, 3.63) is 18.0 Å². The predicted molar refractivity (Wildman–Crippen MR) is 68.2 cm³/mol. The van der Waals surface area contributed by atoms with Gasteiger partial charge in [-0.05, 0) is 26.0 Å². The van der Waals surface area contributed by atoms with Crippen LogP contribution in [0.4, 0.5) is 5.82 Å². The Bertz CT molecular complexity index is 518. The van der Waals surface area contributed by atoms with Gasteiger partial charge < -0.3 is 15.0 Å². The molecule has 0 atom stereocenters. The fraction of sp³-hybridized carbons (Fsp3) is 0.500. The normalized spacial score (nSPS) is 12.0. The molecule has 2 N–H and O–H groups in total. The van der Waals surface area contributed by atoms with Gasteiger partial charge in [0, 0.05) is 20.6 Å². The standard InChI is InChI=1S/C12H18N4O/c1-12(2,17-4)7-10-14-8-5-6-9(13-3)15-11(8)16-10/h5-6H,7H2,1-4H3,(H2,13,14,15,16). The number of nitrogens with one attached hydrogen (secondary N) is 2. The minimum Gasteiger partial charge on any atom is -0.378 e. The smallest absolute Gasteiger partial charge is 0.179 e. The minimum atomic E-state index is -0.223. The molecule has 2 heterocycles. The number of aromatic nitrogens is 3. The van der Waals surface area contributed by atoms with Crippen LogP contribution in [0.15, 0.2) is 12.1 Å². The Morgan fingerprint density at radius 2 is 2.12 bits per heavy atom. The molecule has 0 saturated heterocycles. The Labute approximate surface area is 101 Å². The second-order valence-corrected chi connectivity index (χ2v) is 4.64. The van der Waals surface area contributed by atoms with E-state index in [4.69, 9.17) is 4.74 Å². The van der Waals surface area contributed by atoms with E-state index in [9.17, 15) is 0 Å². The summed E-state index contributed by atoms with van der Waals surface area (Å²) >= 11 is 0. The molecule has 0 amide bonds. The highest BCUT2D eigenvalue weighted by atomic mass is 16.5. The topological polar surface area (TPSA) is 62.8 Å². The molecule has 0 unspecified atom stereocenters. The van der Waals surface area contributed by atoms with Crippen molar-refractivity contribution in [2.75, 3.05) is 19.5 Å². The molecule has 2 aromatic heterocycles. The van der Waals surface area contributed by atoms with Gasteiger partial charge in [-0.3, -0.25) is 0 Å². The molecule has 0 bridgehead atoms. The van der Waals surface area contributed by atoms with Crippen LogP contribution >= 0.6 is 0 Å². The van der Waals surface area contributed by atoms with Crippen LogP contribution in [-0.4, -0.2) is 34.7 Å². The maximum Gasteiger partial charge on any atom is 0.179 e. The van der Waals surface area contributed by atoms with Crippen molar-refractivity contribution in [3.8, 4) is 0 Å². The summed E-state index contributed by atoms with van der Waals surface area (Å²) in [6.45, 7) is 4.07. The van der Waals surface area contributed by atoms with Gasteiger partial charge in [0.1, 0.15) is 11.6 Å². The molecule has 0 aliphatic rings. The summed E-state index contributed by atoms with van der Waals surface area (Å²) in [5, 5.41) is 3.00. The van der Waals surface area contributed by atoms with E-state index in [-0.39, 0.29) is 5.60 Å². The number of anilines is 1. The van der Waals surface area contributed by atoms with Crippen molar-refractivity contribution in [1.29, 1.82) is 0 Å². The monoisotopic (exact) mass is 234 g/mol. The maximum absolute atomic E-state index is 5.39. The number of pyridine rings is 1. The van der Waals surface area contributed by atoms with Gasteiger partial charge in [-0.15, -0.1) is 0 Å². The molecule has 92 valence electrons. The molecule has 2 rings (SSSR count). The van der Waals surface area contributed by atoms with E-state index in [2.05, 4.69) is 20.3 Å². The van der Waals surface area contributed by atoms with Crippen molar-refractivity contribution < 1.29 is 4.74 Å². The van der Waals surface area contributed by atoms with Crippen molar-refractivity contribution in [2.24, 2.45) is 0 Å². The van der Waals surface area contributed by atoms with Crippen molar-refractivity contribution in [2.45, 2.75) is 25.9 Å². The van der Waals surface area contributed by atoms with Gasteiger partial charge in [0.25, 0.3) is 0 Å². The molecular weight excluding hydrogens is 216 g/mol. The van der Waals surface area contributed by atoms with Crippen LogP contribution in [0.5, 0.6) is 0 Å². The third-order valence-electron chi connectivity index (χ3n) is 2.80. The van der Waals surface area contributed by atoms with E-state index in [1.54, 1.807) is 7.11 Å². The third kappa shape index (κ3) is 2.55. The van der Waals surface area contributed by atoms with E-state index in [0.717, 1.165) is 29.2 Å². The summed E-state index contributed by atoms with van der Waals surface area (Å²) in [6, 6.07) is 3.90. The Morgan fingerprint density at radius 1 is 1.35 bits per heavy atom. The van der Waals surface area contributed by atoms with Crippen molar-refractivity contribution >= 4 is 17.0 Å². The molecule has 17 heavy (non-hydrogen) atoms. The number of hydrogen-bond acceptors (Lipinski definition) is 4. The van der Waals surface area contributed by atoms with Crippen LogP contribution in [0.2, 0.25) is 0 Å². The van der Waals surface area contributed by atoms with Gasteiger partial charge in [-0.2, -0.15) is 0 Å². The largest absolute Gasteiger partial charge is 0.378 e. The molecule has 2 aromatic rings. The van der Waals surface area contributed by atoms with E-state index in [1.165, 1.54) is 0 Å². The lowest BCUT2D eigenvalue weighted by molar-refractivity contribution is 0.0218. The SMILES string of the molecule is CNc1ccc2[nH]c(CC(C)(C)OC)nc2n1. The van der Waals surface area contributed by atoms with Gasteiger partial charge in [-0.1, -0.05) is 0 Å². The lowest BCUT2D eigenvalue weighted by Gasteiger charge is -2.20. The van der Waals surface area contributed by atoms with Crippen LogP contribution in [0.25, 0.3) is 11.2 Å². The summed E-state index contributed by atoms with van der Waals surface area (Å²) in [6.07, 6.45) is 0.731. The van der Waals surface area contributed by atoms with Crippen LogP contribution in [0, 0.1) is 0 Å². The predicted octanol–water partition coefficient (Wildman–Crippen LogP) is 1.97. The highest BCUT2D eigenvalue weighted by Crippen LogP contribution is 2.17. The van der Waals surface area contributed by atoms with E-state index in [1.807, 2.05) is 33.0 Å². The number of imidazole rings is 1. The number of fused-ring (bicyclic) bond motifs is 1. The third-order valence-corrected chi connectivity index (χ3v) is 2.80. The summed E-state index contributed by atoms with van der Waals surface area (Å²) in [5.74, 6) is 1.72. The number of hydrogen-bond donors (Lipinski definition) is 2. The molecule has 0 radical (unpaired) electrons. The number of methoxy groups -OCH3 is 1. The van der Waals surface area contributed by atoms with E-state index in [0.29, 0.717) is 0 Å². The van der Waals surface area contributed by atoms with Gasteiger partial charge in [0.05, 0.1) is 11.1 Å². The Hall–Kier alpha value is -1.62. The molecule has 5 nitrogen and oxygen atoms in total. The zero-order valence-corrected chi connectivity index (χ0v) is 10.7. The lowest BCUT2D eigenvalue weighted by atomic mass is 10.1. The van der Waals surface area contributed by atoms with E-state index >= 15 is 0 Å². The first-order chi connectivity index (χ1) is 8.04. The van der Waals surface area contributed by atoms with Gasteiger partial charge in [0.15, 0.2) is 5.65 Å². The molecule has 0 aliphatic heterocycles. The maximum atomic E-state index is 5.39. The number of H-pyrrole nitrogens is 1. The number of nitrogens with zero attached hydrogens (tertiary/aromatic N) is 2. The highest BCUT2D eigenvalue weighted by Gasteiger charge is 2.19.